The highest BCUT2D eigenvalue weighted by molar-refractivity contribution is 7.15. The van der Waals surface area contributed by atoms with Crippen molar-refractivity contribution in [3.8, 4) is 0 Å². The molecule has 1 heterocycles. The number of aromatic nitrogens is 1. The SMILES string of the molecule is CCC(C)c1nc(N(CCOC)CC(C)C)sc1CN. The normalized spacial score (nSPS) is 12.9. The van der Waals surface area contributed by atoms with Crippen LogP contribution in [-0.4, -0.2) is 31.8 Å². The summed E-state index contributed by atoms with van der Waals surface area (Å²) in [5.74, 6) is 1.08. The van der Waals surface area contributed by atoms with Crippen LogP contribution in [-0.2, 0) is 11.3 Å². The van der Waals surface area contributed by atoms with E-state index in [9.17, 15) is 0 Å². The van der Waals surface area contributed by atoms with Crippen LogP contribution < -0.4 is 10.6 Å². The van der Waals surface area contributed by atoms with Crippen LogP contribution in [0.4, 0.5) is 5.13 Å². The van der Waals surface area contributed by atoms with Crippen LogP contribution in [0.25, 0.3) is 0 Å². The Kier molecular flexibility index (Phi) is 7.48. The van der Waals surface area contributed by atoms with Gasteiger partial charge in [0.1, 0.15) is 0 Å². The molecule has 1 unspecified atom stereocenters. The quantitative estimate of drug-likeness (QED) is 0.760. The molecular weight excluding hydrogens is 270 g/mol. The zero-order valence-electron chi connectivity index (χ0n) is 13.5. The van der Waals surface area contributed by atoms with Crippen LogP contribution >= 0.6 is 11.3 Å². The molecule has 0 spiro atoms. The first-order valence-corrected chi connectivity index (χ1v) is 8.28. The van der Waals surface area contributed by atoms with Gasteiger partial charge < -0.3 is 15.4 Å². The first-order chi connectivity index (χ1) is 9.53. The molecule has 5 heteroatoms. The van der Waals surface area contributed by atoms with E-state index in [0.717, 1.165) is 31.2 Å². The molecular formula is C15H29N3OS. The zero-order chi connectivity index (χ0) is 15.1. The number of nitrogens with two attached hydrogens (primary N) is 1. The lowest BCUT2D eigenvalue weighted by molar-refractivity contribution is 0.204. The van der Waals surface area contributed by atoms with Crippen molar-refractivity contribution in [2.24, 2.45) is 11.7 Å². The Labute approximate surface area is 127 Å². The second kappa shape index (κ2) is 8.60. The van der Waals surface area contributed by atoms with Crippen molar-refractivity contribution in [3.63, 3.8) is 0 Å². The van der Waals surface area contributed by atoms with Gasteiger partial charge in [-0.15, -0.1) is 11.3 Å². The molecule has 1 aromatic heterocycles. The predicted octanol–water partition coefficient (Wildman–Crippen LogP) is 3.22. The summed E-state index contributed by atoms with van der Waals surface area (Å²) < 4.78 is 5.22. The maximum absolute atomic E-state index is 5.89. The number of hydrogen-bond acceptors (Lipinski definition) is 5. The molecule has 4 nitrogen and oxygen atoms in total. The standard InChI is InChI=1S/C15H29N3OS/c1-6-12(4)14-13(9-16)20-15(17-14)18(7-8-19-5)10-11(2)3/h11-12H,6-10,16H2,1-5H3. The highest BCUT2D eigenvalue weighted by atomic mass is 32.1. The lowest BCUT2D eigenvalue weighted by Gasteiger charge is -2.23. The molecule has 1 rings (SSSR count). The van der Waals surface area contributed by atoms with E-state index < -0.39 is 0 Å². The predicted molar refractivity (Wildman–Crippen MR) is 87.6 cm³/mol. The Bertz CT molecular complexity index is 392. The monoisotopic (exact) mass is 299 g/mol. The molecule has 0 aromatic carbocycles. The largest absolute Gasteiger partial charge is 0.383 e. The summed E-state index contributed by atoms with van der Waals surface area (Å²) in [5.41, 5.74) is 7.07. The second-order valence-corrected chi connectivity index (χ2v) is 6.71. The first-order valence-electron chi connectivity index (χ1n) is 7.46. The van der Waals surface area contributed by atoms with Gasteiger partial charge >= 0.3 is 0 Å². The van der Waals surface area contributed by atoms with Crippen molar-refractivity contribution in [1.82, 2.24) is 4.98 Å². The van der Waals surface area contributed by atoms with E-state index in [0.29, 0.717) is 18.4 Å². The van der Waals surface area contributed by atoms with Gasteiger partial charge in [-0.1, -0.05) is 27.7 Å². The fraction of sp³-hybridized carbons (Fsp3) is 0.800. The first kappa shape index (κ1) is 17.4. The minimum absolute atomic E-state index is 0.474. The van der Waals surface area contributed by atoms with Crippen LogP contribution in [0.15, 0.2) is 0 Å². The average Bonchev–Trinajstić information content (AvgIpc) is 2.86. The Morgan fingerprint density at radius 3 is 2.55 bits per heavy atom. The van der Waals surface area contributed by atoms with Gasteiger partial charge in [-0.05, 0) is 18.3 Å². The molecule has 0 saturated carbocycles. The van der Waals surface area contributed by atoms with Crippen LogP contribution in [0.2, 0.25) is 0 Å². The summed E-state index contributed by atoms with van der Waals surface area (Å²) in [4.78, 5) is 8.41. The topological polar surface area (TPSA) is 51.4 Å². The van der Waals surface area contributed by atoms with Crippen LogP contribution in [0.5, 0.6) is 0 Å². The number of rotatable bonds is 9. The van der Waals surface area contributed by atoms with Crippen molar-refractivity contribution in [2.75, 3.05) is 31.7 Å². The Balaban J connectivity index is 2.97. The summed E-state index contributed by atoms with van der Waals surface area (Å²) in [5, 5.41) is 1.09. The molecule has 1 aromatic rings. The summed E-state index contributed by atoms with van der Waals surface area (Å²) in [6, 6.07) is 0. The van der Waals surface area contributed by atoms with Crippen molar-refractivity contribution in [2.45, 2.75) is 46.6 Å². The lowest BCUT2D eigenvalue weighted by atomic mass is 10.0. The summed E-state index contributed by atoms with van der Waals surface area (Å²) >= 11 is 1.74. The number of thiazole rings is 1. The summed E-state index contributed by atoms with van der Waals surface area (Å²) in [7, 11) is 1.74. The molecule has 0 bridgehead atoms. The van der Waals surface area contributed by atoms with E-state index in [4.69, 9.17) is 15.5 Å². The lowest BCUT2D eigenvalue weighted by Crippen LogP contribution is -2.30. The second-order valence-electron chi connectivity index (χ2n) is 5.65. The van der Waals surface area contributed by atoms with Gasteiger partial charge in [-0.3, -0.25) is 0 Å². The van der Waals surface area contributed by atoms with E-state index in [1.54, 1.807) is 18.4 Å². The Morgan fingerprint density at radius 2 is 2.05 bits per heavy atom. The van der Waals surface area contributed by atoms with Gasteiger partial charge in [0.15, 0.2) is 5.13 Å². The third kappa shape index (κ3) is 4.72. The molecule has 0 amide bonds. The van der Waals surface area contributed by atoms with Crippen molar-refractivity contribution in [3.05, 3.63) is 10.6 Å². The van der Waals surface area contributed by atoms with Gasteiger partial charge in [0.25, 0.3) is 0 Å². The number of nitrogens with zero attached hydrogens (tertiary/aromatic N) is 2. The molecule has 0 aliphatic heterocycles. The third-order valence-electron chi connectivity index (χ3n) is 3.40. The molecule has 0 fully saturated rings. The maximum Gasteiger partial charge on any atom is 0.185 e. The van der Waals surface area contributed by atoms with Gasteiger partial charge in [0, 0.05) is 31.6 Å². The van der Waals surface area contributed by atoms with Crippen molar-refractivity contribution in [1.29, 1.82) is 0 Å². The van der Waals surface area contributed by atoms with Gasteiger partial charge in [-0.2, -0.15) is 0 Å². The van der Waals surface area contributed by atoms with Crippen LogP contribution in [0.1, 0.15) is 50.6 Å². The summed E-state index contributed by atoms with van der Waals surface area (Å²) in [6.07, 6.45) is 1.10. The van der Waals surface area contributed by atoms with E-state index in [-0.39, 0.29) is 0 Å². The molecule has 20 heavy (non-hydrogen) atoms. The molecule has 2 N–H and O–H groups in total. The summed E-state index contributed by atoms with van der Waals surface area (Å²) in [6.45, 7) is 12.1. The molecule has 0 aliphatic carbocycles. The minimum atomic E-state index is 0.474. The van der Waals surface area contributed by atoms with Gasteiger partial charge in [-0.25, -0.2) is 4.98 Å². The maximum atomic E-state index is 5.89. The fourth-order valence-corrected chi connectivity index (χ4v) is 3.21. The number of methoxy groups -OCH3 is 1. The molecule has 1 atom stereocenters. The number of anilines is 1. The molecule has 0 aliphatic rings. The van der Waals surface area contributed by atoms with E-state index in [1.165, 1.54) is 10.6 Å². The highest BCUT2D eigenvalue weighted by Crippen LogP contribution is 2.32. The molecule has 0 saturated heterocycles. The Hall–Kier alpha value is -0.650. The van der Waals surface area contributed by atoms with Gasteiger partial charge in [0.05, 0.1) is 12.3 Å². The molecule has 116 valence electrons. The Morgan fingerprint density at radius 1 is 1.35 bits per heavy atom. The number of hydrogen-bond donors (Lipinski definition) is 1. The van der Waals surface area contributed by atoms with Crippen LogP contribution in [0.3, 0.4) is 0 Å². The van der Waals surface area contributed by atoms with Gasteiger partial charge in [0.2, 0.25) is 0 Å². The zero-order valence-corrected chi connectivity index (χ0v) is 14.3. The smallest absolute Gasteiger partial charge is 0.185 e. The average molecular weight is 299 g/mol. The van der Waals surface area contributed by atoms with E-state index in [1.807, 2.05) is 0 Å². The number of ether oxygens (including phenoxy) is 1. The third-order valence-corrected chi connectivity index (χ3v) is 4.56. The van der Waals surface area contributed by atoms with E-state index in [2.05, 4.69) is 32.6 Å². The molecule has 0 radical (unpaired) electrons. The van der Waals surface area contributed by atoms with Crippen LogP contribution in [0, 0.1) is 5.92 Å². The van der Waals surface area contributed by atoms with E-state index >= 15 is 0 Å². The highest BCUT2D eigenvalue weighted by Gasteiger charge is 2.19. The van der Waals surface area contributed by atoms with Crippen molar-refractivity contribution < 1.29 is 4.74 Å². The minimum Gasteiger partial charge on any atom is -0.383 e. The fourth-order valence-electron chi connectivity index (χ4n) is 2.12. The van der Waals surface area contributed by atoms with Crippen molar-refractivity contribution >= 4 is 16.5 Å².